The van der Waals surface area contributed by atoms with E-state index in [1.165, 1.54) is 0 Å². The Morgan fingerprint density at radius 3 is 2.29 bits per heavy atom. The Morgan fingerprint density at radius 1 is 1.24 bits per heavy atom. The number of carbonyl (C=O) groups excluding carboxylic acids is 1. The molecule has 1 aliphatic rings. The Hall–Kier alpha value is -1.57. The van der Waals surface area contributed by atoms with Crippen LogP contribution in [0.3, 0.4) is 0 Å². The number of hydrogen-bond acceptors (Lipinski definition) is 3. The van der Waals surface area contributed by atoms with Gasteiger partial charge in [-0.1, -0.05) is 5.92 Å². The Bertz CT molecular complexity index is 595. The lowest BCUT2D eigenvalue weighted by molar-refractivity contribution is 0.00578. The van der Waals surface area contributed by atoms with Crippen molar-refractivity contribution in [3.8, 4) is 12.3 Å². The summed E-state index contributed by atoms with van der Waals surface area (Å²) in [6, 6.07) is 3.59. The van der Waals surface area contributed by atoms with Gasteiger partial charge in [-0.2, -0.15) is 0 Å². The van der Waals surface area contributed by atoms with Gasteiger partial charge in [0.25, 0.3) is 0 Å². The van der Waals surface area contributed by atoms with Crippen molar-refractivity contribution in [1.29, 1.82) is 0 Å². The molecule has 1 aliphatic heterocycles. The molecule has 1 aromatic rings. The van der Waals surface area contributed by atoms with Gasteiger partial charge in [-0.25, -0.2) is 0 Å². The molecule has 2 rings (SSSR count). The highest BCUT2D eigenvalue weighted by molar-refractivity contribution is 6.45. The lowest BCUT2D eigenvalue weighted by Gasteiger charge is -2.32. The molecule has 0 aliphatic carbocycles. The van der Waals surface area contributed by atoms with Crippen LogP contribution >= 0.6 is 0 Å². The van der Waals surface area contributed by atoms with Crippen LogP contribution in [0.5, 0.6) is 0 Å². The van der Waals surface area contributed by atoms with Crippen molar-refractivity contribution in [1.82, 2.24) is 0 Å². The summed E-state index contributed by atoms with van der Waals surface area (Å²) in [7, 11) is -0.332. The smallest absolute Gasteiger partial charge is 0.403 e. The molecule has 0 unspecified atom stereocenters. The van der Waals surface area contributed by atoms with Crippen molar-refractivity contribution in [2.45, 2.75) is 52.1 Å². The number of rotatable bonds is 3. The molecule has 21 heavy (non-hydrogen) atoms. The van der Waals surface area contributed by atoms with E-state index < -0.39 is 0 Å². The average Bonchev–Trinajstić information content (AvgIpc) is 2.59. The third-order valence-corrected chi connectivity index (χ3v) is 4.52. The van der Waals surface area contributed by atoms with E-state index in [1.807, 2.05) is 40.7 Å². The third-order valence-electron chi connectivity index (χ3n) is 4.52. The van der Waals surface area contributed by atoms with Gasteiger partial charge >= 0.3 is 7.12 Å². The van der Waals surface area contributed by atoms with Crippen LogP contribution in [0.15, 0.2) is 12.1 Å². The summed E-state index contributed by atoms with van der Waals surface area (Å²) < 4.78 is 12.0. The minimum atomic E-state index is -0.358. The van der Waals surface area contributed by atoms with E-state index in [9.17, 15) is 4.79 Å². The summed E-state index contributed by atoms with van der Waals surface area (Å²) >= 11 is 0. The summed E-state index contributed by atoms with van der Waals surface area (Å²) in [5, 5.41) is 0. The van der Waals surface area contributed by atoms with Crippen LogP contribution in [-0.2, 0) is 15.6 Å². The number of carbonyl (C=O) groups is 1. The second-order valence-electron chi connectivity index (χ2n) is 6.50. The summed E-state index contributed by atoms with van der Waals surface area (Å²) in [6.07, 6.45) is 6.90. The zero-order chi connectivity index (χ0) is 15.8. The molecule has 0 radical (unpaired) electrons. The minimum absolute atomic E-state index is 0.332. The van der Waals surface area contributed by atoms with Gasteiger partial charge in [0, 0.05) is 17.4 Å². The fourth-order valence-corrected chi connectivity index (χ4v) is 2.46. The molecule has 110 valence electrons. The second kappa shape index (κ2) is 5.33. The van der Waals surface area contributed by atoms with Crippen LogP contribution in [0, 0.1) is 19.3 Å². The van der Waals surface area contributed by atoms with Crippen molar-refractivity contribution < 1.29 is 14.1 Å². The summed E-state index contributed by atoms with van der Waals surface area (Å²) in [4.78, 5) is 11.1. The molecule has 4 heteroatoms. The van der Waals surface area contributed by atoms with Gasteiger partial charge < -0.3 is 9.31 Å². The van der Waals surface area contributed by atoms with Gasteiger partial charge in [0.05, 0.1) is 11.2 Å². The standard InChI is InChI=1S/C17H21BO3/c1-7-14-8-13(11-19)9-15(12(14)2)10-18-20-16(3,4)17(5,6)21-18/h1,8-9,11H,10H2,2-6H3. The molecule has 0 saturated carbocycles. The van der Waals surface area contributed by atoms with E-state index in [1.54, 1.807) is 6.07 Å². The highest BCUT2D eigenvalue weighted by atomic mass is 16.7. The third kappa shape index (κ3) is 2.90. The first-order chi connectivity index (χ1) is 9.70. The van der Waals surface area contributed by atoms with Crippen LogP contribution in [0.1, 0.15) is 54.7 Å². The van der Waals surface area contributed by atoms with E-state index in [2.05, 4.69) is 5.92 Å². The molecule has 0 aromatic heterocycles. The van der Waals surface area contributed by atoms with Crippen molar-refractivity contribution in [3.63, 3.8) is 0 Å². The maximum absolute atomic E-state index is 11.1. The zero-order valence-corrected chi connectivity index (χ0v) is 13.3. The minimum Gasteiger partial charge on any atom is -0.403 e. The van der Waals surface area contributed by atoms with Crippen LogP contribution < -0.4 is 0 Å². The Kier molecular flexibility index (Phi) is 4.01. The van der Waals surface area contributed by atoms with E-state index in [0.29, 0.717) is 11.9 Å². The summed E-state index contributed by atoms with van der Waals surface area (Å²) in [6.45, 7) is 10.1. The lowest BCUT2D eigenvalue weighted by atomic mass is 9.78. The Labute approximate surface area is 127 Å². The summed E-state index contributed by atoms with van der Waals surface area (Å²) in [5.74, 6) is 2.63. The van der Waals surface area contributed by atoms with Gasteiger partial charge in [0.1, 0.15) is 6.29 Å². The van der Waals surface area contributed by atoms with Crippen LogP contribution in [0.2, 0.25) is 0 Å². The molecular weight excluding hydrogens is 263 g/mol. The van der Waals surface area contributed by atoms with Gasteiger partial charge in [-0.3, -0.25) is 4.79 Å². The molecule has 1 saturated heterocycles. The van der Waals surface area contributed by atoms with Crippen LogP contribution in [0.4, 0.5) is 0 Å². The highest BCUT2D eigenvalue weighted by Crippen LogP contribution is 2.37. The maximum atomic E-state index is 11.1. The first kappa shape index (κ1) is 15.8. The van der Waals surface area contributed by atoms with E-state index in [-0.39, 0.29) is 18.3 Å². The molecular formula is C17H21BO3. The topological polar surface area (TPSA) is 35.5 Å². The molecule has 3 nitrogen and oxygen atoms in total. The van der Waals surface area contributed by atoms with Crippen LogP contribution in [-0.4, -0.2) is 24.6 Å². The Morgan fingerprint density at radius 2 is 1.81 bits per heavy atom. The van der Waals surface area contributed by atoms with Gasteiger partial charge in [-0.15, -0.1) is 6.42 Å². The predicted octanol–water partition coefficient (Wildman–Crippen LogP) is 2.96. The molecule has 1 fully saturated rings. The predicted molar refractivity (Wildman–Crippen MR) is 84.3 cm³/mol. The fourth-order valence-electron chi connectivity index (χ4n) is 2.46. The second-order valence-corrected chi connectivity index (χ2v) is 6.50. The molecule has 1 aromatic carbocycles. The highest BCUT2D eigenvalue weighted by Gasteiger charge is 2.50. The quantitative estimate of drug-likeness (QED) is 0.486. The normalized spacial score (nSPS) is 19.3. The first-order valence-electron chi connectivity index (χ1n) is 7.11. The monoisotopic (exact) mass is 284 g/mol. The number of benzene rings is 1. The van der Waals surface area contributed by atoms with E-state index >= 15 is 0 Å². The van der Waals surface area contributed by atoms with Crippen LogP contribution in [0.25, 0.3) is 0 Å². The Balaban J connectivity index is 2.30. The number of terminal acetylenes is 1. The van der Waals surface area contributed by atoms with Gasteiger partial charge in [-0.05, 0) is 57.9 Å². The van der Waals surface area contributed by atoms with Crippen molar-refractivity contribution in [3.05, 3.63) is 34.4 Å². The van der Waals surface area contributed by atoms with Crippen molar-refractivity contribution >= 4 is 13.4 Å². The van der Waals surface area contributed by atoms with E-state index in [0.717, 1.165) is 23.0 Å². The van der Waals surface area contributed by atoms with Gasteiger partial charge in [0.2, 0.25) is 0 Å². The maximum Gasteiger partial charge on any atom is 0.462 e. The summed E-state index contributed by atoms with van der Waals surface area (Å²) in [5.41, 5.74) is 2.60. The molecule has 0 spiro atoms. The van der Waals surface area contributed by atoms with Gasteiger partial charge in [0.15, 0.2) is 0 Å². The molecule has 0 bridgehead atoms. The van der Waals surface area contributed by atoms with E-state index in [4.69, 9.17) is 15.7 Å². The van der Waals surface area contributed by atoms with Crippen molar-refractivity contribution in [2.24, 2.45) is 0 Å². The SMILES string of the molecule is C#Cc1cc(C=O)cc(CB2OC(C)(C)C(C)(C)O2)c1C. The molecule has 0 N–H and O–H groups in total. The molecule has 0 amide bonds. The first-order valence-corrected chi connectivity index (χ1v) is 7.11. The van der Waals surface area contributed by atoms with Crippen molar-refractivity contribution in [2.75, 3.05) is 0 Å². The fraction of sp³-hybridized carbons (Fsp3) is 0.471. The molecule has 1 heterocycles. The zero-order valence-electron chi connectivity index (χ0n) is 13.3. The lowest BCUT2D eigenvalue weighted by Crippen LogP contribution is -2.41. The average molecular weight is 284 g/mol. The molecule has 0 atom stereocenters. The largest absolute Gasteiger partial charge is 0.462 e. The number of aldehydes is 1. The number of hydrogen-bond donors (Lipinski definition) is 0.